The molecule has 0 fully saturated rings. The second-order valence-corrected chi connectivity index (χ2v) is 8.93. The molecule has 9 nitrogen and oxygen atoms in total. The summed E-state index contributed by atoms with van der Waals surface area (Å²) in [4.78, 5) is 24.3. The van der Waals surface area contributed by atoms with Gasteiger partial charge in [0.25, 0.3) is 0 Å². The fraction of sp³-hybridized carbons (Fsp3) is 0.227. The smallest absolute Gasteiger partial charge is 0.329 e. The number of rotatable bonds is 9. The number of amides is 2. The zero-order chi connectivity index (χ0) is 23.6. The molecule has 0 saturated heterocycles. The second kappa shape index (κ2) is 12.0. The largest absolute Gasteiger partial charge is 0.496 e. The number of thioether (sulfide) groups is 1. The molecule has 0 aliphatic carbocycles. The Kier molecular flexibility index (Phi) is 8.79. The zero-order valence-corrected chi connectivity index (χ0v) is 20.0. The van der Waals surface area contributed by atoms with Gasteiger partial charge in [-0.25, -0.2) is 5.43 Å². The molecular formula is C22H23N5O4S2. The lowest BCUT2D eigenvalue weighted by atomic mass is 10.1. The first-order valence-corrected chi connectivity index (χ1v) is 11.8. The zero-order valence-electron chi connectivity index (χ0n) is 18.3. The monoisotopic (exact) mass is 485 g/mol. The van der Waals surface area contributed by atoms with E-state index >= 15 is 0 Å². The molecule has 0 radical (unpaired) electrons. The fourth-order valence-corrected chi connectivity index (χ4v) is 4.51. The van der Waals surface area contributed by atoms with E-state index in [0.29, 0.717) is 23.8 Å². The first-order chi connectivity index (χ1) is 16.0. The number of hydrogen-bond donors (Lipinski definition) is 2. The van der Waals surface area contributed by atoms with Crippen LogP contribution in [0, 0.1) is 6.92 Å². The van der Waals surface area contributed by atoms with Crippen molar-refractivity contribution in [3.8, 4) is 11.5 Å². The van der Waals surface area contributed by atoms with Crippen molar-refractivity contribution in [3.63, 3.8) is 0 Å². The number of methoxy groups -OCH3 is 1. The van der Waals surface area contributed by atoms with Crippen LogP contribution in [-0.4, -0.2) is 41.9 Å². The Morgan fingerprint density at radius 3 is 2.70 bits per heavy atom. The third-order valence-electron chi connectivity index (χ3n) is 4.18. The van der Waals surface area contributed by atoms with Crippen LogP contribution < -0.4 is 20.2 Å². The maximum absolute atomic E-state index is 12.2. The van der Waals surface area contributed by atoms with Crippen molar-refractivity contribution in [2.45, 2.75) is 23.9 Å². The number of hydrazone groups is 1. The summed E-state index contributed by atoms with van der Waals surface area (Å²) in [5.41, 5.74) is 4.32. The normalized spacial score (nSPS) is 10.8. The van der Waals surface area contributed by atoms with E-state index in [1.165, 1.54) is 17.6 Å². The lowest BCUT2D eigenvalue weighted by Gasteiger charge is -2.10. The summed E-state index contributed by atoms with van der Waals surface area (Å²) >= 11 is 3.09. The summed E-state index contributed by atoms with van der Waals surface area (Å²) in [6, 6.07) is 12.4. The van der Waals surface area contributed by atoms with Gasteiger partial charge in [0, 0.05) is 11.3 Å². The molecule has 2 aromatic carbocycles. The molecule has 3 rings (SSSR count). The summed E-state index contributed by atoms with van der Waals surface area (Å²) in [5.74, 6) is 0.106. The van der Waals surface area contributed by atoms with Crippen molar-refractivity contribution in [1.29, 1.82) is 0 Å². The molecule has 0 aliphatic heterocycles. The Balaban J connectivity index is 1.59. The maximum Gasteiger partial charge on any atom is 0.329 e. The topological polar surface area (TPSA) is 115 Å². The molecule has 2 amide bonds. The molecule has 0 saturated carbocycles. The van der Waals surface area contributed by atoms with Crippen molar-refractivity contribution in [1.82, 2.24) is 15.6 Å². The van der Waals surface area contributed by atoms with Crippen LogP contribution in [0.5, 0.6) is 11.5 Å². The summed E-state index contributed by atoms with van der Waals surface area (Å²) in [5, 5.41) is 15.5. The van der Waals surface area contributed by atoms with E-state index in [2.05, 4.69) is 26.0 Å². The minimum atomic E-state index is -0.895. The van der Waals surface area contributed by atoms with E-state index in [1.54, 1.807) is 49.2 Å². The molecule has 172 valence electrons. The van der Waals surface area contributed by atoms with Crippen molar-refractivity contribution >= 4 is 46.8 Å². The average molecular weight is 486 g/mol. The SMILES string of the molecule is CCOc1ccccc1NC(=O)C(=O)N/N=C\c1ccc(OC)c(CSc2nnc(C)s2)c1. The highest BCUT2D eigenvalue weighted by molar-refractivity contribution is 8.00. The van der Waals surface area contributed by atoms with Crippen LogP contribution in [-0.2, 0) is 15.3 Å². The number of aryl methyl sites for hydroxylation is 1. The number of hydrogen-bond acceptors (Lipinski definition) is 9. The number of nitrogens with zero attached hydrogens (tertiary/aromatic N) is 3. The van der Waals surface area contributed by atoms with Gasteiger partial charge in [-0.05, 0) is 49.7 Å². The fourth-order valence-electron chi connectivity index (χ4n) is 2.71. The van der Waals surface area contributed by atoms with Crippen LogP contribution in [0.4, 0.5) is 5.69 Å². The predicted molar refractivity (Wildman–Crippen MR) is 129 cm³/mol. The Morgan fingerprint density at radius 1 is 1.15 bits per heavy atom. The number of carbonyl (C=O) groups excluding carboxylic acids is 2. The summed E-state index contributed by atoms with van der Waals surface area (Å²) in [6.45, 7) is 4.18. The number of carbonyl (C=O) groups is 2. The van der Waals surface area contributed by atoms with Gasteiger partial charge in [-0.15, -0.1) is 10.2 Å². The first-order valence-electron chi connectivity index (χ1n) is 9.96. The number of para-hydroxylation sites is 2. The molecule has 33 heavy (non-hydrogen) atoms. The van der Waals surface area contributed by atoms with E-state index in [-0.39, 0.29) is 0 Å². The molecule has 3 aromatic rings. The number of aromatic nitrogens is 2. The van der Waals surface area contributed by atoms with Gasteiger partial charge in [0.2, 0.25) is 0 Å². The van der Waals surface area contributed by atoms with Gasteiger partial charge in [0.05, 0.1) is 25.6 Å². The van der Waals surface area contributed by atoms with Crippen LogP contribution in [0.1, 0.15) is 23.1 Å². The van der Waals surface area contributed by atoms with Crippen molar-refractivity contribution in [2.75, 3.05) is 19.0 Å². The van der Waals surface area contributed by atoms with Crippen LogP contribution in [0.15, 0.2) is 51.9 Å². The van der Waals surface area contributed by atoms with E-state index < -0.39 is 11.8 Å². The third-order valence-corrected chi connectivity index (χ3v) is 6.20. The molecule has 1 aromatic heterocycles. The third kappa shape index (κ3) is 7.02. The minimum Gasteiger partial charge on any atom is -0.496 e. The Labute approximate surface area is 199 Å². The second-order valence-electron chi connectivity index (χ2n) is 6.53. The summed E-state index contributed by atoms with van der Waals surface area (Å²) in [6.07, 6.45) is 1.46. The lowest BCUT2D eigenvalue weighted by molar-refractivity contribution is -0.136. The van der Waals surface area contributed by atoms with Gasteiger partial charge in [0.15, 0.2) is 4.34 Å². The Morgan fingerprint density at radius 2 is 1.97 bits per heavy atom. The van der Waals surface area contributed by atoms with Gasteiger partial charge in [-0.2, -0.15) is 5.10 Å². The van der Waals surface area contributed by atoms with Crippen LogP contribution in [0.3, 0.4) is 0 Å². The van der Waals surface area contributed by atoms with Gasteiger partial charge in [0.1, 0.15) is 16.5 Å². The molecule has 0 bridgehead atoms. The number of benzene rings is 2. The molecule has 0 atom stereocenters. The number of ether oxygens (including phenoxy) is 2. The Bertz CT molecular complexity index is 1150. The van der Waals surface area contributed by atoms with Crippen molar-refractivity contribution in [3.05, 3.63) is 58.6 Å². The lowest BCUT2D eigenvalue weighted by Crippen LogP contribution is -2.32. The molecule has 0 aliphatic rings. The maximum atomic E-state index is 12.2. The molecule has 11 heteroatoms. The van der Waals surface area contributed by atoms with E-state index in [0.717, 1.165) is 26.2 Å². The summed E-state index contributed by atoms with van der Waals surface area (Å²) in [7, 11) is 1.61. The van der Waals surface area contributed by atoms with Crippen LogP contribution in [0.25, 0.3) is 0 Å². The molecule has 2 N–H and O–H groups in total. The van der Waals surface area contributed by atoms with Crippen LogP contribution in [0.2, 0.25) is 0 Å². The first kappa shape index (κ1) is 24.2. The number of anilines is 1. The molecular weight excluding hydrogens is 462 g/mol. The standard InChI is InChI=1S/C22H23N5O4S2/c1-4-31-19-8-6-5-7-17(19)24-20(28)21(29)26-23-12-15-9-10-18(30-3)16(11-15)13-32-22-27-25-14(2)33-22/h5-12H,4,13H2,1-3H3,(H,24,28)(H,26,29)/b23-12-. The molecule has 1 heterocycles. The van der Waals surface area contributed by atoms with Crippen LogP contribution >= 0.6 is 23.1 Å². The van der Waals surface area contributed by atoms with Crippen molar-refractivity contribution < 1.29 is 19.1 Å². The van der Waals surface area contributed by atoms with Gasteiger partial charge < -0.3 is 14.8 Å². The van der Waals surface area contributed by atoms with Gasteiger partial charge >= 0.3 is 11.8 Å². The highest BCUT2D eigenvalue weighted by Gasteiger charge is 2.15. The van der Waals surface area contributed by atoms with Gasteiger partial charge in [-0.1, -0.05) is 35.2 Å². The predicted octanol–water partition coefficient (Wildman–Crippen LogP) is 3.63. The number of nitrogens with one attached hydrogen (secondary N) is 2. The van der Waals surface area contributed by atoms with E-state index in [1.807, 2.05) is 26.0 Å². The van der Waals surface area contributed by atoms with Gasteiger partial charge in [-0.3, -0.25) is 9.59 Å². The van der Waals surface area contributed by atoms with Crippen molar-refractivity contribution in [2.24, 2.45) is 5.10 Å². The minimum absolute atomic E-state index is 0.409. The van der Waals surface area contributed by atoms with E-state index in [4.69, 9.17) is 9.47 Å². The molecule has 0 spiro atoms. The van der Waals surface area contributed by atoms with E-state index in [9.17, 15) is 9.59 Å². The molecule has 0 unspecified atom stereocenters. The highest BCUT2D eigenvalue weighted by atomic mass is 32.2. The average Bonchev–Trinajstić information content (AvgIpc) is 3.24. The Hall–Kier alpha value is -3.44. The summed E-state index contributed by atoms with van der Waals surface area (Å²) < 4.78 is 11.7. The quantitative estimate of drug-likeness (QED) is 0.206. The highest BCUT2D eigenvalue weighted by Crippen LogP contribution is 2.30.